The number of rotatable bonds is 4. The summed E-state index contributed by atoms with van der Waals surface area (Å²) in [6.45, 7) is 1.90. The molecule has 7 heteroatoms. The van der Waals surface area contributed by atoms with Crippen LogP contribution in [0.1, 0.15) is 13.3 Å². The van der Waals surface area contributed by atoms with E-state index in [1.54, 1.807) is 6.92 Å². The Morgan fingerprint density at radius 3 is 2.53 bits per heavy atom. The Morgan fingerprint density at radius 2 is 2.20 bits per heavy atom. The van der Waals surface area contributed by atoms with Crippen molar-refractivity contribution in [3.63, 3.8) is 0 Å². The Bertz CT molecular complexity index is 318. The van der Waals surface area contributed by atoms with Crippen LogP contribution in [0.3, 0.4) is 0 Å². The van der Waals surface area contributed by atoms with Gasteiger partial charge in [-0.2, -0.15) is 5.26 Å². The second-order valence-corrected chi connectivity index (χ2v) is 2.53. The summed E-state index contributed by atoms with van der Waals surface area (Å²) in [5, 5.41) is 11.8. The monoisotopic (exact) mass is 212 g/mol. The first kappa shape index (κ1) is 12.9. The van der Waals surface area contributed by atoms with E-state index in [0.29, 0.717) is 6.42 Å². The number of carbonyl (C=O) groups is 2. The van der Waals surface area contributed by atoms with E-state index in [0.717, 1.165) is 4.90 Å². The molecule has 0 heterocycles. The Hall–Kier alpha value is -2.10. The molecule has 0 rings (SSSR count). The van der Waals surface area contributed by atoms with Gasteiger partial charge in [0.1, 0.15) is 13.2 Å². The fourth-order valence-electron chi connectivity index (χ4n) is 0.862. The zero-order valence-corrected chi connectivity index (χ0v) is 8.56. The van der Waals surface area contributed by atoms with E-state index in [1.807, 2.05) is 0 Å². The second-order valence-electron chi connectivity index (χ2n) is 2.53. The topological polar surface area (TPSA) is 109 Å². The largest absolute Gasteiger partial charge is 0.398 e. The molecule has 3 amide bonds. The first-order chi connectivity index (χ1) is 7.08. The SMILES string of the molecule is CCCN(C(N)=O)C(=O)C(C#N)=NOC. The van der Waals surface area contributed by atoms with E-state index in [9.17, 15) is 9.59 Å². The highest BCUT2D eigenvalue weighted by Gasteiger charge is 2.23. The van der Waals surface area contributed by atoms with Gasteiger partial charge in [0, 0.05) is 6.54 Å². The third-order valence-electron chi connectivity index (χ3n) is 1.45. The number of nitriles is 1. The number of hydrogen-bond donors (Lipinski definition) is 1. The van der Waals surface area contributed by atoms with Crippen LogP contribution in [-0.4, -0.2) is 36.2 Å². The number of amides is 3. The molecule has 0 radical (unpaired) electrons. The molecule has 2 N–H and O–H groups in total. The third-order valence-corrected chi connectivity index (χ3v) is 1.45. The van der Waals surface area contributed by atoms with Crippen molar-refractivity contribution in [2.24, 2.45) is 10.9 Å². The van der Waals surface area contributed by atoms with Gasteiger partial charge in [0.05, 0.1) is 0 Å². The summed E-state index contributed by atoms with van der Waals surface area (Å²) in [7, 11) is 1.19. The van der Waals surface area contributed by atoms with Crippen molar-refractivity contribution in [1.82, 2.24) is 4.90 Å². The lowest BCUT2D eigenvalue weighted by atomic mass is 10.3. The minimum Gasteiger partial charge on any atom is -0.398 e. The molecular formula is C8H12N4O3. The molecule has 0 aromatic heterocycles. The van der Waals surface area contributed by atoms with Crippen LogP contribution in [0.15, 0.2) is 5.16 Å². The maximum atomic E-state index is 11.5. The number of carbonyl (C=O) groups excluding carboxylic acids is 2. The van der Waals surface area contributed by atoms with Gasteiger partial charge in [0.25, 0.3) is 5.91 Å². The van der Waals surface area contributed by atoms with Crippen molar-refractivity contribution in [3.05, 3.63) is 0 Å². The van der Waals surface area contributed by atoms with Crippen LogP contribution in [0.4, 0.5) is 4.79 Å². The lowest BCUT2D eigenvalue weighted by Gasteiger charge is -2.15. The van der Waals surface area contributed by atoms with Crippen molar-refractivity contribution < 1.29 is 14.4 Å². The number of urea groups is 1. The van der Waals surface area contributed by atoms with Crippen molar-refractivity contribution in [1.29, 1.82) is 5.26 Å². The molecule has 0 unspecified atom stereocenters. The fourth-order valence-corrected chi connectivity index (χ4v) is 0.862. The van der Waals surface area contributed by atoms with Crippen LogP contribution in [0.25, 0.3) is 0 Å². The van der Waals surface area contributed by atoms with Crippen LogP contribution >= 0.6 is 0 Å². The van der Waals surface area contributed by atoms with Gasteiger partial charge in [0.15, 0.2) is 0 Å². The molecule has 0 aromatic carbocycles. The molecule has 82 valence electrons. The highest BCUT2D eigenvalue weighted by molar-refractivity contribution is 6.46. The van der Waals surface area contributed by atoms with Crippen LogP contribution in [0.2, 0.25) is 0 Å². The van der Waals surface area contributed by atoms with E-state index >= 15 is 0 Å². The van der Waals surface area contributed by atoms with Crippen LogP contribution < -0.4 is 5.73 Å². The number of nitrogens with zero attached hydrogens (tertiary/aromatic N) is 3. The number of hydrogen-bond acceptors (Lipinski definition) is 5. The van der Waals surface area contributed by atoms with Gasteiger partial charge in [-0.25, -0.2) is 4.79 Å². The molecule has 0 bridgehead atoms. The smallest absolute Gasteiger partial charge is 0.321 e. The standard InChI is InChI=1S/C8H12N4O3/c1-3-4-12(8(10)14)7(13)6(5-9)11-15-2/h3-4H2,1-2H3,(H2,10,14). The average molecular weight is 212 g/mol. The van der Waals surface area contributed by atoms with E-state index in [-0.39, 0.29) is 6.54 Å². The van der Waals surface area contributed by atoms with E-state index < -0.39 is 17.6 Å². The molecule has 0 saturated carbocycles. The summed E-state index contributed by atoms with van der Waals surface area (Å²) in [6, 6.07) is 0.607. The minimum absolute atomic E-state index is 0.137. The zero-order chi connectivity index (χ0) is 11.8. The number of primary amides is 1. The summed E-state index contributed by atoms with van der Waals surface area (Å²) >= 11 is 0. The second kappa shape index (κ2) is 6.37. The molecule has 0 atom stereocenters. The van der Waals surface area contributed by atoms with Crippen LogP contribution in [0.5, 0.6) is 0 Å². The molecule has 0 aromatic rings. The van der Waals surface area contributed by atoms with E-state index in [1.165, 1.54) is 13.2 Å². The Kier molecular flexibility index (Phi) is 5.48. The van der Waals surface area contributed by atoms with E-state index in [2.05, 4.69) is 9.99 Å². The summed E-state index contributed by atoms with van der Waals surface area (Å²) in [6.07, 6.45) is 0.542. The predicted molar refractivity (Wildman–Crippen MR) is 51.6 cm³/mol. The average Bonchev–Trinajstić information content (AvgIpc) is 2.21. The van der Waals surface area contributed by atoms with Gasteiger partial charge in [-0.05, 0) is 6.42 Å². The van der Waals surface area contributed by atoms with Gasteiger partial charge in [0.2, 0.25) is 5.71 Å². The van der Waals surface area contributed by atoms with Gasteiger partial charge >= 0.3 is 6.03 Å². The molecule has 0 fully saturated rings. The predicted octanol–water partition coefficient (Wildman–Crippen LogP) is -0.170. The maximum absolute atomic E-state index is 11.5. The molecule has 0 aliphatic rings. The first-order valence-electron chi connectivity index (χ1n) is 4.21. The molecular weight excluding hydrogens is 200 g/mol. The molecule has 15 heavy (non-hydrogen) atoms. The van der Waals surface area contributed by atoms with Crippen LogP contribution in [-0.2, 0) is 9.63 Å². The Balaban J connectivity index is 4.85. The quantitative estimate of drug-likeness (QED) is 0.515. The number of imide groups is 1. The molecule has 7 nitrogen and oxygen atoms in total. The Morgan fingerprint density at radius 1 is 1.60 bits per heavy atom. The molecule has 0 aliphatic heterocycles. The summed E-state index contributed by atoms with van der Waals surface area (Å²) in [5.41, 5.74) is 4.46. The van der Waals surface area contributed by atoms with Crippen molar-refractivity contribution in [2.75, 3.05) is 13.7 Å². The van der Waals surface area contributed by atoms with Crippen LogP contribution in [0, 0.1) is 11.3 Å². The van der Waals surface area contributed by atoms with Gasteiger partial charge in [-0.3, -0.25) is 9.69 Å². The zero-order valence-electron chi connectivity index (χ0n) is 8.56. The first-order valence-corrected chi connectivity index (χ1v) is 4.21. The minimum atomic E-state index is -0.916. The lowest BCUT2D eigenvalue weighted by molar-refractivity contribution is -0.121. The lowest BCUT2D eigenvalue weighted by Crippen LogP contribution is -2.44. The number of nitrogens with two attached hydrogens (primary N) is 1. The fraction of sp³-hybridized carbons (Fsp3) is 0.500. The molecule has 0 saturated heterocycles. The van der Waals surface area contributed by atoms with Gasteiger partial charge in [-0.15, -0.1) is 0 Å². The highest BCUT2D eigenvalue weighted by Crippen LogP contribution is 1.95. The van der Waals surface area contributed by atoms with Gasteiger partial charge in [-0.1, -0.05) is 12.1 Å². The third kappa shape index (κ3) is 3.64. The normalized spacial score (nSPS) is 10.3. The van der Waals surface area contributed by atoms with Gasteiger partial charge < -0.3 is 10.6 Å². The number of oxime groups is 1. The van der Waals surface area contributed by atoms with Crippen molar-refractivity contribution in [3.8, 4) is 6.07 Å². The van der Waals surface area contributed by atoms with Crippen molar-refractivity contribution >= 4 is 17.6 Å². The summed E-state index contributed by atoms with van der Waals surface area (Å²) in [5.74, 6) is -0.853. The highest BCUT2D eigenvalue weighted by atomic mass is 16.6. The van der Waals surface area contributed by atoms with E-state index in [4.69, 9.17) is 11.0 Å². The summed E-state index contributed by atoms with van der Waals surface area (Å²) in [4.78, 5) is 27.4. The molecule has 0 aliphatic carbocycles. The summed E-state index contributed by atoms with van der Waals surface area (Å²) < 4.78 is 0. The van der Waals surface area contributed by atoms with Crippen molar-refractivity contribution in [2.45, 2.75) is 13.3 Å². The molecule has 0 spiro atoms. The Labute approximate surface area is 87.1 Å². The maximum Gasteiger partial charge on any atom is 0.321 e.